The lowest BCUT2D eigenvalue weighted by molar-refractivity contribution is -0.121. The van der Waals surface area contributed by atoms with Gasteiger partial charge in [-0.25, -0.2) is 0 Å². The Kier molecular flexibility index (Phi) is 4.14. The Morgan fingerprint density at radius 1 is 1.27 bits per heavy atom. The Morgan fingerprint density at radius 2 is 2.05 bits per heavy atom. The van der Waals surface area contributed by atoms with Crippen LogP contribution in [-0.4, -0.2) is 21.7 Å². The Labute approximate surface area is 138 Å². The van der Waals surface area contributed by atoms with Gasteiger partial charge in [0.2, 0.25) is 0 Å². The molecule has 0 unspecified atom stereocenters. The van der Waals surface area contributed by atoms with Gasteiger partial charge in [0, 0.05) is 11.6 Å². The molecule has 5 heteroatoms. The molecular weight excluding hydrogens is 314 g/mol. The zero-order chi connectivity index (χ0) is 15.5. The van der Waals surface area contributed by atoms with Gasteiger partial charge in [0.25, 0.3) is 5.91 Å². The molecule has 1 aliphatic heterocycles. The SMILES string of the molecule is C#CCN1C(=O)C(=Cc2ccc(-c3ccccc3)o2)SC1=S. The topological polar surface area (TPSA) is 33.5 Å². The minimum atomic E-state index is -0.175. The third-order valence-electron chi connectivity index (χ3n) is 3.08. The van der Waals surface area contributed by atoms with Crippen molar-refractivity contribution in [2.24, 2.45) is 0 Å². The number of benzene rings is 1. The minimum absolute atomic E-state index is 0.175. The van der Waals surface area contributed by atoms with E-state index >= 15 is 0 Å². The van der Waals surface area contributed by atoms with E-state index in [0.29, 0.717) is 15.0 Å². The monoisotopic (exact) mass is 325 g/mol. The second kappa shape index (κ2) is 6.22. The van der Waals surface area contributed by atoms with Gasteiger partial charge in [0.15, 0.2) is 0 Å². The van der Waals surface area contributed by atoms with Crippen molar-refractivity contribution in [1.29, 1.82) is 0 Å². The van der Waals surface area contributed by atoms with Crippen LogP contribution in [0.2, 0.25) is 0 Å². The maximum absolute atomic E-state index is 12.2. The van der Waals surface area contributed by atoms with E-state index in [4.69, 9.17) is 23.1 Å². The first-order chi connectivity index (χ1) is 10.7. The van der Waals surface area contributed by atoms with Gasteiger partial charge in [-0.1, -0.05) is 60.2 Å². The number of furan rings is 1. The molecule has 108 valence electrons. The zero-order valence-electron chi connectivity index (χ0n) is 11.5. The van der Waals surface area contributed by atoms with Crippen LogP contribution in [0.1, 0.15) is 5.76 Å². The fraction of sp³-hybridized carbons (Fsp3) is 0.0588. The lowest BCUT2D eigenvalue weighted by Crippen LogP contribution is -2.28. The van der Waals surface area contributed by atoms with Gasteiger partial charge in [-0.05, 0) is 12.1 Å². The first-order valence-corrected chi connectivity index (χ1v) is 7.75. The van der Waals surface area contributed by atoms with Crippen molar-refractivity contribution in [3.63, 3.8) is 0 Å². The van der Waals surface area contributed by atoms with E-state index in [1.807, 2.05) is 42.5 Å². The maximum Gasteiger partial charge on any atom is 0.267 e. The number of thioether (sulfide) groups is 1. The number of hydrogen-bond acceptors (Lipinski definition) is 4. The molecule has 0 saturated carbocycles. The molecular formula is C17H11NO2S2. The average molecular weight is 325 g/mol. The highest BCUT2D eigenvalue weighted by atomic mass is 32.2. The minimum Gasteiger partial charge on any atom is -0.457 e. The van der Waals surface area contributed by atoms with Gasteiger partial charge < -0.3 is 4.42 Å². The molecule has 1 saturated heterocycles. The van der Waals surface area contributed by atoms with Gasteiger partial charge in [-0.15, -0.1) is 6.42 Å². The molecule has 3 rings (SSSR count). The van der Waals surface area contributed by atoms with Crippen LogP contribution in [0, 0.1) is 12.3 Å². The van der Waals surface area contributed by atoms with E-state index in [1.165, 1.54) is 16.7 Å². The third-order valence-corrected chi connectivity index (χ3v) is 4.46. The second-order valence-corrected chi connectivity index (χ2v) is 6.22. The van der Waals surface area contributed by atoms with E-state index in [0.717, 1.165) is 11.3 Å². The van der Waals surface area contributed by atoms with Crippen LogP contribution in [0.15, 0.2) is 51.8 Å². The smallest absolute Gasteiger partial charge is 0.267 e. The van der Waals surface area contributed by atoms with Crippen LogP contribution in [0.25, 0.3) is 17.4 Å². The molecule has 0 aliphatic carbocycles. The number of rotatable bonds is 3. The van der Waals surface area contributed by atoms with Gasteiger partial charge in [0.1, 0.15) is 15.8 Å². The molecule has 2 heterocycles. The lowest BCUT2D eigenvalue weighted by Gasteiger charge is -2.08. The van der Waals surface area contributed by atoms with Crippen molar-refractivity contribution in [2.45, 2.75) is 0 Å². The maximum atomic E-state index is 12.2. The van der Waals surface area contributed by atoms with Crippen molar-refractivity contribution in [3.05, 3.63) is 53.1 Å². The van der Waals surface area contributed by atoms with E-state index in [1.54, 1.807) is 6.08 Å². The molecule has 1 aliphatic rings. The highest BCUT2D eigenvalue weighted by Gasteiger charge is 2.31. The van der Waals surface area contributed by atoms with Crippen LogP contribution in [0.3, 0.4) is 0 Å². The number of amides is 1. The van der Waals surface area contributed by atoms with Gasteiger partial charge >= 0.3 is 0 Å². The zero-order valence-corrected chi connectivity index (χ0v) is 13.1. The number of carbonyl (C=O) groups excluding carboxylic acids is 1. The summed E-state index contributed by atoms with van der Waals surface area (Å²) in [5, 5.41) is 0. The first-order valence-electron chi connectivity index (χ1n) is 6.53. The summed E-state index contributed by atoms with van der Waals surface area (Å²) < 4.78 is 6.24. The summed E-state index contributed by atoms with van der Waals surface area (Å²) in [6.07, 6.45) is 6.94. The van der Waals surface area contributed by atoms with Crippen molar-refractivity contribution in [1.82, 2.24) is 4.90 Å². The Balaban J connectivity index is 1.85. The predicted octanol–water partition coefficient (Wildman–Crippen LogP) is 3.78. The predicted molar refractivity (Wildman–Crippen MR) is 92.9 cm³/mol. The molecule has 0 bridgehead atoms. The van der Waals surface area contributed by atoms with Crippen LogP contribution >= 0.6 is 24.0 Å². The highest BCUT2D eigenvalue weighted by Crippen LogP contribution is 2.33. The summed E-state index contributed by atoms with van der Waals surface area (Å²) in [7, 11) is 0. The molecule has 2 aromatic rings. The molecule has 22 heavy (non-hydrogen) atoms. The largest absolute Gasteiger partial charge is 0.457 e. The second-order valence-electron chi connectivity index (χ2n) is 4.54. The van der Waals surface area contributed by atoms with Gasteiger partial charge in [-0.2, -0.15) is 0 Å². The summed E-state index contributed by atoms with van der Waals surface area (Å²) in [6.45, 7) is 0.190. The Bertz CT molecular complexity index is 800. The molecule has 0 radical (unpaired) electrons. The summed E-state index contributed by atoms with van der Waals surface area (Å²) in [5.41, 5.74) is 0.988. The van der Waals surface area contributed by atoms with Gasteiger partial charge in [0.05, 0.1) is 11.4 Å². The van der Waals surface area contributed by atoms with E-state index in [-0.39, 0.29) is 12.5 Å². The first kappa shape index (κ1) is 14.6. The molecule has 1 aromatic heterocycles. The van der Waals surface area contributed by atoms with Crippen molar-refractivity contribution >= 4 is 40.3 Å². The van der Waals surface area contributed by atoms with Gasteiger partial charge in [-0.3, -0.25) is 9.69 Å². The van der Waals surface area contributed by atoms with Crippen LogP contribution < -0.4 is 0 Å². The number of carbonyl (C=O) groups is 1. The summed E-state index contributed by atoms with van der Waals surface area (Å²) in [4.78, 5) is 14.1. The molecule has 0 spiro atoms. The fourth-order valence-corrected chi connectivity index (χ4v) is 3.28. The molecule has 1 aromatic carbocycles. The van der Waals surface area contributed by atoms with E-state index in [2.05, 4.69) is 5.92 Å². The molecule has 3 nitrogen and oxygen atoms in total. The fourth-order valence-electron chi connectivity index (χ4n) is 2.04. The normalized spacial score (nSPS) is 16.3. The van der Waals surface area contributed by atoms with Crippen LogP contribution in [0.5, 0.6) is 0 Å². The van der Waals surface area contributed by atoms with E-state index in [9.17, 15) is 4.79 Å². The summed E-state index contributed by atoms with van der Waals surface area (Å²) in [5.74, 6) is 3.63. The lowest BCUT2D eigenvalue weighted by atomic mass is 10.2. The molecule has 0 atom stereocenters. The number of terminal acetylenes is 1. The Morgan fingerprint density at radius 3 is 2.77 bits per heavy atom. The standard InChI is InChI=1S/C17H11NO2S2/c1-2-10-18-16(19)15(22-17(18)21)11-13-8-9-14(20-13)12-6-4-3-5-7-12/h1,3-9,11H,10H2. The van der Waals surface area contributed by atoms with Crippen LogP contribution in [-0.2, 0) is 4.79 Å². The Hall–Kier alpha value is -2.29. The number of thiocarbonyl (C=S) groups is 1. The molecule has 1 fully saturated rings. The third kappa shape index (κ3) is 2.84. The van der Waals surface area contributed by atoms with Crippen LogP contribution in [0.4, 0.5) is 0 Å². The summed E-state index contributed by atoms with van der Waals surface area (Å²) >= 11 is 6.39. The number of nitrogens with zero attached hydrogens (tertiary/aromatic N) is 1. The quantitative estimate of drug-likeness (QED) is 0.488. The van der Waals surface area contributed by atoms with Crippen molar-refractivity contribution < 1.29 is 9.21 Å². The number of hydrogen-bond donors (Lipinski definition) is 0. The van der Waals surface area contributed by atoms with Crippen molar-refractivity contribution in [2.75, 3.05) is 6.54 Å². The van der Waals surface area contributed by atoms with E-state index < -0.39 is 0 Å². The molecule has 0 N–H and O–H groups in total. The average Bonchev–Trinajstić information content (AvgIpc) is 3.09. The molecule has 1 amide bonds. The summed E-state index contributed by atoms with van der Waals surface area (Å²) in [6, 6.07) is 13.5. The highest BCUT2D eigenvalue weighted by molar-refractivity contribution is 8.26. The van der Waals surface area contributed by atoms with Crippen molar-refractivity contribution in [3.8, 4) is 23.7 Å².